The van der Waals surface area contributed by atoms with Crippen LogP contribution in [-0.2, 0) is 4.79 Å². The van der Waals surface area contributed by atoms with Crippen LogP contribution >= 0.6 is 23.7 Å². The second-order valence-electron chi connectivity index (χ2n) is 7.47. The first-order valence-corrected chi connectivity index (χ1v) is 10.4. The van der Waals surface area contributed by atoms with E-state index in [1.807, 2.05) is 0 Å². The molecule has 2 saturated heterocycles. The molecular weight excluding hydrogens is 382 g/mol. The van der Waals surface area contributed by atoms with Gasteiger partial charge in [-0.2, -0.15) is 0 Å². The van der Waals surface area contributed by atoms with Gasteiger partial charge in [-0.05, 0) is 51.6 Å². The van der Waals surface area contributed by atoms with Gasteiger partial charge < -0.3 is 15.5 Å². The van der Waals surface area contributed by atoms with E-state index < -0.39 is 0 Å². The number of thiophene rings is 1. The van der Waals surface area contributed by atoms with Crippen molar-refractivity contribution in [2.45, 2.75) is 45.6 Å². The van der Waals surface area contributed by atoms with Crippen molar-refractivity contribution in [2.75, 3.05) is 31.1 Å². The molecule has 1 unspecified atom stereocenters. The molecule has 0 aliphatic carbocycles. The van der Waals surface area contributed by atoms with Gasteiger partial charge in [0.1, 0.15) is 17.0 Å². The van der Waals surface area contributed by atoms with Crippen molar-refractivity contribution in [1.29, 1.82) is 0 Å². The van der Waals surface area contributed by atoms with Crippen LogP contribution in [0.15, 0.2) is 6.33 Å². The Hall–Kier alpha value is -1.44. The molecule has 27 heavy (non-hydrogen) atoms. The molecule has 2 N–H and O–H groups in total. The van der Waals surface area contributed by atoms with Crippen LogP contribution in [0.5, 0.6) is 0 Å². The van der Waals surface area contributed by atoms with Gasteiger partial charge in [0.2, 0.25) is 5.91 Å². The molecule has 1 amide bonds. The quantitative estimate of drug-likeness (QED) is 0.815. The molecule has 4 rings (SSSR count). The van der Waals surface area contributed by atoms with E-state index in [2.05, 4.69) is 39.3 Å². The van der Waals surface area contributed by atoms with Gasteiger partial charge in [0.25, 0.3) is 0 Å². The Kier molecular flexibility index (Phi) is 6.55. The number of rotatable bonds is 3. The molecule has 0 spiro atoms. The molecular formula is C19H28ClN5OS. The summed E-state index contributed by atoms with van der Waals surface area (Å²) in [6.45, 7) is 8.02. The number of hydrogen-bond acceptors (Lipinski definition) is 6. The predicted molar refractivity (Wildman–Crippen MR) is 113 cm³/mol. The molecule has 0 saturated carbocycles. The maximum absolute atomic E-state index is 12.6. The number of aryl methyl sites for hydroxylation is 2. The van der Waals surface area contributed by atoms with Crippen LogP contribution in [0.25, 0.3) is 10.2 Å². The monoisotopic (exact) mass is 409 g/mol. The zero-order valence-electron chi connectivity index (χ0n) is 16.0. The highest BCUT2D eigenvalue weighted by atomic mass is 35.5. The van der Waals surface area contributed by atoms with E-state index in [4.69, 9.17) is 0 Å². The third kappa shape index (κ3) is 4.20. The molecule has 0 radical (unpaired) electrons. The van der Waals surface area contributed by atoms with Gasteiger partial charge in [0, 0.05) is 36.5 Å². The SMILES string of the molecule is Cc1sc2ncnc(N3CCC(C(=O)NC4CCCNC4)CC3)c2c1C.Cl. The Bertz CT molecular complexity index is 797. The number of halogens is 1. The highest BCUT2D eigenvalue weighted by Gasteiger charge is 2.28. The Morgan fingerprint density at radius 2 is 2.04 bits per heavy atom. The normalized spacial score (nSPS) is 21.1. The van der Waals surface area contributed by atoms with Crippen molar-refractivity contribution < 1.29 is 4.79 Å². The van der Waals surface area contributed by atoms with Crippen LogP contribution in [0.1, 0.15) is 36.1 Å². The van der Waals surface area contributed by atoms with Crippen LogP contribution in [0.4, 0.5) is 5.82 Å². The van der Waals surface area contributed by atoms with E-state index in [9.17, 15) is 4.79 Å². The van der Waals surface area contributed by atoms with Crippen molar-refractivity contribution in [1.82, 2.24) is 20.6 Å². The summed E-state index contributed by atoms with van der Waals surface area (Å²) in [5.41, 5.74) is 1.28. The summed E-state index contributed by atoms with van der Waals surface area (Å²) in [5, 5.41) is 7.79. The number of nitrogens with zero attached hydrogens (tertiary/aromatic N) is 3. The van der Waals surface area contributed by atoms with Gasteiger partial charge in [0.15, 0.2) is 0 Å². The molecule has 1 atom stereocenters. The molecule has 2 aliphatic rings. The lowest BCUT2D eigenvalue weighted by molar-refractivity contribution is -0.126. The Balaban J connectivity index is 0.00000210. The van der Waals surface area contributed by atoms with Crippen molar-refractivity contribution >= 4 is 45.7 Å². The van der Waals surface area contributed by atoms with E-state index >= 15 is 0 Å². The Morgan fingerprint density at radius 3 is 2.74 bits per heavy atom. The van der Waals surface area contributed by atoms with Gasteiger partial charge >= 0.3 is 0 Å². The van der Waals surface area contributed by atoms with Crippen molar-refractivity contribution in [2.24, 2.45) is 5.92 Å². The molecule has 8 heteroatoms. The van der Waals surface area contributed by atoms with Crippen molar-refractivity contribution in [3.63, 3.8) is 0 Å². The smallest absolute Gasteiger partial charge is 0.223 e. The summed E-state index contributed by atoms with van der Waals surface area (Å²) in [6, 6.07) is 0.298. The number of carbonyl (C=O) groups is 1. The van der Waals surface area contributed by atoms with Crippen LogP contribution in [0, 0.1) is 19.8 Å². The van der Waals surface area contributed by atoms with Gasteiger partial charge in [-0.3, -0.25) is 4.79 Å². The minimum Gasteiger partial charge on any atom is -0.356 e. The van der Waals surface area contributed by atoms with Crippen LogP contribution in [0.2, 0.25) is 0 Å². The fraction of sp³-hybridized carbons (Fsp3) is 0.632. The number of hydrogen-bond donors (Lipinski definition) is 2. The van der Waals surface area contributed by atoms with Crippen molar-refractivity contribution in [3.05, 3.63) is 16.8 Å². The second-order valence-corrected chi connectivity index (χ2v) is 8.68. The van der Waals surface area contributed by atoms with E-state index in [1.54, 1.807) is 17.7 Å². The minimum absolute atomic E-state index is 0. The fourth-order valence-corrected chi connectivity index (χ4v) is 5.04. The lowest BCUT2D eigenvalue weighted by Crippen LogP contribution is -2.49. The molecule has 148 valence electrons. The predicted octanol–water partition coefficient (Wildman–Crippen LogP) is 2.81. The number of piperidine rings is 2. The van der Waals surface area contributed by atoms with Gasteiger partial charge in [0.05, 0.1) is 5.39 Å². The minimum atomic E-state index is 0. The molecule has 4 heterocycles. The third-order valence-corrected chi connectivity index (χ3v) is 6.87. The highest BCUT2D eigenvalue weighted by molar-refractivity contribution is 7.18. The largest absolute Gasteiger partial charge is 0.356 e. The second kappa shape index (κ2) is 8.71. The van der Waals surface area contributed by atoms with E-state index in [0.29, 0.717) is 6.04 Å². The number of amides is 1. The molecule has 2 aliphatic heterocycles. The van der Waals surface area contributed by atoms with Gasteiger partial charge in [-0.25, -0.2) is 9.97 Å². The number of carbonyl (C=O) groups excluding carboxylic acids is 1. The summed E-state index contributed by atoms with van der Waals surface area (Å²) in [4.78, 5) is 26.3. The third-order valence-electron chi connectivity index (χ3n) is 5.75. The zero-order valence-corrected chi connectivity index (χ0v) is 17.6. The van der Waals surface area contributed by atoms with Gasteiger partial charge in [-0.15, -0.1) is 23.7 Å². The molecule has 2 aromatic heterocycles. The summed E-state index contributed by atoms with van der Waals surface area (Å²) in [6.07, 6.45) is 5.68. The average Bonchev–Trinajstić information content (AvgIpc) is 2.97. The topological polar surface area (TPSA) is 70.2 Å². The average molecular weight is 410 g/mol. The summed E-state index contributed by atoms with van der Waals surface area (Å²) >= 11 is 1.73. The Morgan fingerprint density at radius 1 is 1.26 bits per heavy atom. The van der Waals surface area contributed by atoms with Crippen LogP contribution < -0.4 is 15.5 Å². The number of fused-ring (bicyclic) bond motifs is 1. The van der Waals surface area contributed by atoms with Crippen molar-refractivity contribution in [3.8, 4) is 0 Å². The zero-order chi connectivity index (χ0) is 18.1. The van der Waals surface area contributed by atoms with Gasteiger partial charge in [-0.1, -0.05) is 0 Å². The van der Waals surface area contributed by atoms with Crippen LogP contribution in [-0.4, -0.2) is 48.1 Å². The first-order chi connectivity index (χ1) is 12.6. The first kappa shape index (κ1) is 20.3. The first-order valence-electron chi connectivity index (χ1n) is 9.60. The lowest BCUT2D eigenvalue weighted by Gasteiger charge is -2.33. The molecule has 0 bridgehead atoms. The molecule has 2 aromatic rings. The summed E-state index contributed by atoms with van der Waals surface area (Å²) in [7, 11) is 0. The Labute approximate surface area is 170 Å². The number of nitrogens with one attached hydrogen (secondary N) is 2. The van der Waals surface area contributed by atoms with E-state index in [-0.39, 0.29) is 24.2 Å². The summed E-state index contributed by atoms with van der Waals surface area (Å²) < 4.78 is 0. The van der Waals surface area contributed by atoms with E-state index in [1.165, 1.54) is 15.8 Å². The number of aromatic nitrogens is 2. The highest BCUT2D eigenvalue weighted by Crippen LogP contribution is 2.35. The van der Waals surface area contributed by atoms with Crippen LogP contribution in [0.3, 0.4) is 0 Å². The molecule has 0 aromatic carbocycles. The summed E-state index contributed by atoms with van der Waals surface area (Å²) in [5.74, 6) is 1.39. The number of anilines is 1. The molecule has 6 nitrogen and oxygen atoms in total. The van der Waals surface area contributed by atoms with E-state index in [0.717, 1.165) is 62.5 Å². The maximum Gasteiger partial charge on any atom is 0.223 e. The standard InChI is InChI=1S/C19H27N5OS.ClH/c1-12-13(2)26-19-16(12)17(21-11-22-19)24-8-5-14(6-9-24)18(25)23-15-4-3-7-20-10-15;/h11,14-15,20H,3-10H2,1-2H3,(H,23,25);1H. The lowest BCUT2D eigenvalue weighted by atomic mass is 9.94. The fourth-order valence-electron chi connectivity index (χ4n) is 4.05. The maximum atomic E-state index is 12.6. The molecule has 2 fully saturated rings.